The van der Waals surface area contributed by atoms with E-state index < -0.39 is 6.10 Å². The average Bonchev–Trinajstić information content (AvgIpc) is 2.41. The van der Waals surface area contributed by atoms with Crippen molar-refractivity contribution in [3.8, 4) is 0 Å². The minimum absolute atomic E-state index is 0.188. The molecule has 1 aromatic carbocycles. The molecule has 2 atom stereocenters. The van der Waals surface area contributed by atoms with E-state index >= 15 is 0 Å². The molecule has 20 heavy (non-hydrogen) atoms. The van der Waals surface area contributed by atoms with Crippen molar-refractivity contribution in [1.29, 1.82) is 0 Å². The molecule has 0 spiro atoms. The van der Waals surface area contributed by atoms with Gasteiger partial charge in [0.2, 0.25) is 0 Å². The molecule has 1 aliphatic rings. The van der Waals surface area contributed by atoms with Gasteiger partial charge in [0.15, 0.2) is 0 Å². The molecular weight excluding hydrogens is 299 g/mol. The number of aliphatic hydroxyl groups excluding tert-OH is 1. The summed E-state index contributed by atoms with van der Waals surface area (Å²) in [4.78, 5) is 13.8. The summed E-state index contributed by atoms with van der Waals surface area (Å²) in [5.41, 5.74) is 0.782. The first-order valence-corrected chi connectivity index (χ1v) is 7.42. The lowest BCUT2D eigenvalue weighted by molar-refractivity contribution is 0.0835. The highest BCUT2D eigenvalue weighted by Gasteiger charge is 2.23. The van der Waals surface area contributed by atoms with E-state index in [2.05, 4.69) is 5.32 Å². The molecule has 0 radical (unpaired) electrons. The molecule has 1 aliphatic heterocycles. The van der Waals surface area contributed by atoms with Crippen LogP contribution in [0.25, 0.3) is 0 Å². The average molecular weight is 317 g/mol. The lowest BCUT2D eigenvalue weighted by atomic mass is 10.1. The number of piperidine rings is 1. The van der Waals surface area contributed by atoms with Crippen LogP contribution in [0.2, 0.25) is 10.0 Å². The number of aliphatic hydroxyl groups is 1. The van der Waals surface area contributed by atoms with Gasteiger partial charge in [-0.2, -0.15) is 0 Å². The topological polar surface area (TPSA) is 52.6 Å². The summed E-state index contributed by atoms with van der Waals surface area (Å²) in [5.74, 6) is 0. The van der Waals surface area contributed by atoms with Gasteiger partial charge in [0.25, 0.3) is 0 Å². The SMILES string of the molecule is CC(NC(=O)N1CCCC(O)C1)c1cccc(Cl)c1Cl. The number of hydrogen-bond acceptors (Lipinski definition) is 2. The molecule has 2 N–H and O–H groups in total. The summed E-state index contributed by atoms with van der Waals surface area (Å²) in [6.07, 6.45) is 1.14. The number of nitrogens with zero attached hydrogens (tertiary/aromatic N) is 1. The number of amides is 2. The fraction of sp³-hybridized carbons (Fsp3) is 0.500. The molecule has 2 rings (SSSR count). The first kappa shape index (κ1) is 15.4. The van der Waals surface area contributed by atoms with Crippen molar-refractivity contribution in [2.45, 2.75) is 31.9 Å². The second-order valence-corrected chi connectivity index (χ2v) is 5.84. The van der Waals surface area contributed by atoms with Crippen molar-refractivity contribution in [3.05, 3.63) is 33.8 Å². The number of rotatable bonds is 2. The second kappa shape index (κ2) is 6.66. The summed E-state index contributed by atoms with van der Waals surface area (Å²) in [7, 11) is 0. The van der Waals surface area contributed by atoms with Gasteiger partial charge >= 0.3 is 6.03 Å². The molecule has 1 fully saturated rings. The van der Waals surface area contributed by atoms with E-state index in [0.29, 0.717) is 23.1 Å². The molecule has 1 heterocycles. The number of nitrogens with one attached hydrogen (secondary N) is 1. The predicted octanol–water partition coefficient (Wildman–Crippen LogP) is 3.22. The van der Waals surface area contributed by atoms with Crippen LogP contribution in [-0.2, 0) is 0 Å². The van der Waals surface area contributed by atoms with Crippen LogP contribution in [0.5, 0.6) is 0 Å². The molecular formula is C14H18Cl2N2O2. The van der Waals surface area contributed by atoms with E-state index in [1.807, 2.05) is 13.0 Å². The molecule has 0 aromatic heterocycles. The molecule has 6 heteroatoms. The lowest BCUT2D eigenvalue weighted by Gasteiger charge is -2.31. The highest BCUT2D eigenvalue weighted by Crippen LogP contribution is 2.29. The van der Waals surface area contributed by atoms with Crippen LogP contribution in [-0.4, -0.2) is 35.2 Å². The standard InChI is InChI=1S/C14H18Cl2N2O2/c1-9(11-5-2-6-12(15)13(11)16)17-14(20)18-7-3-4-10(19)8-18/h2,5-6,9-10,19H,3-4,7-8H2,1H3,(H,17,20). The van der Waals surface area contributed by atoms with Gasteiger partial charge in [-0.3, -0.25) is 0 Å². The maximum atomic E-state index is 12.2. The van der Waals surface area contributed by atoms with Gasteiger partial charge in [0.1, 0.15) is 0 Å². The highest BCUT2D eigenvalue weighted by atomic mass is 35.5. The largest absolute Gasteiger partial charge is 0.391 e. The van der Waals surface area contributed by atoms with Crippen molar-refractivity contribution in [3.63, 3.8) is 0 Å². The Labute approximate surface area is 128 Å². The molecule has 4 nitrogen and oxygen atoms in total. The Morgan fingerprint density at radius 3 is 2.95 bits per heavy atom. The molecule has 1 aromatic rings. The molecule has 0 aliphatic carbocycles. The van der Waals surface area contributed by atoms with E-state index in [9.17, 15) is 9.90 Å². The van der Waals surface area contributed by atoms with Crippen LogP contribution in [0.15, 0.2) is 18.2 Å². The number of carbonyl (C=O) groups is 1. The first-order chi connectivity index (χ1) is 9.49. The first-order valence-electron chi connectivity index (χ1n) is 6.66. The summed E-state index contributed by atoms with van der Waals surface area (Å²) in [5, 5.41) is 13.4. The maximum absolute atomic E-state index is 12.2. The number of β-amino-alcohol motifs (C(OH)–C–C–N with tert-alkyl or cyclic N) is 1. The summed E-state index contributed by atoms with van der Waals surface area (Å²) >= 11 is 12.1. The Bertz CT molecular complexity index is 496. The Balaban J connectivity index is 2.02. The van der Waals surface area contributed by atoms with E-state index in [-0.39, 0.29) is 12.1 Å². The van der Waals surface area contributed by atoms with Gasteiger partial charge in [-0.25, -0.2) is 4.79 Å². The summed E-state index contributed by atoms with van der Waals surface area (Å²) in [6, 6.07) is 4.92. The molecule has 110 valence electrons. The van der Waals surface area contributed by atoms with E-state index in [1.165, 1.54) is 0 Å². The maximum Gasteiger partial charge on any atom is 0.317 e. The van der Waals surface area contributed by atoms with Crippen molar-refractivity contribution < 1.29 is 9.90 Å². The number of carbonyl (C=O) groups excluding carboxylic acids is 1. The molecule has 0 bridgehead atoms. The van der Waals surface area contributed by atoms with Gasteiger partial charge in [0.05, 0.1) is 22.2 Å². The van der Waals surface area contributed by atoms with Crippen LogP contribution in [0, 0.1) is 0 Å². The summed E-state index contributed by atoms with van der Waals surface area (Å²) < 4.78 is 0. The van der Waals surface area contributed by atoms with Gasteiger partial charge in [0, 0.05) is 13.1 Å². The Kier molecular flexibility index (Phi) is 5.13. The van der Waals surface area contributed by atoms with E-state index in [1.54, 1.807) is 17.0 Å². The number of urea groups is 1. The molecule has 2 amide bonds. The molecule has 0 saturated carbocycles. The van der Waals surface area contributed by atoms with Crippen molar-refractivity contribution in [2.75, 3.05) is 13.1 Å². The van der Waals surface area contributed by atoms with Crippen molar-refractivity contribution in [2.24, 2.45) is 0 Å². The van der Waals surface area contributed by atoms with E-state index in [4.69, 9.17) is 23.2 Å². The van der Waals surface area contributed by atoms with Crippen molar-refractivity contribution in [1.82, 2.24) is 10.2 Å². The Morgan fingerprint density at radius 1 is 1.50 bits per heavy atom. The van der Waals surface area contributed by atoms with Crippen molar-refractivity contribution >= 4 is 29.2 Å². The minimum Gasteiger partial charge on any atom is -0.391 e. The zero-order chi connectivity index (χ0) is 14.7. The quantitative estimate of drug-likeness (QED) is 0.880. The molecule has 2 unspecified atom stereocenters. The zero-order valence-corrected chi connectivity index (χ0v) is 12.8. The fourth-order valence-corrected chi connectivity index (χ4v) is 2.82. The third-order valence-electron chi connectivity index (χ3n) is 3.47. The fourth-order valence-electron chi connectivity index (χ4n) is 2.35. The number of halogens is 2. The van der Waals surface area contributed by atoms with Gasteiger partial charge in [-0.05, 0) is 31.4 Å². The third kappa shape index (κ3) is 3.57. The Morgan fingerprint density at radius 2 is 2.25 bits per heavy atom. The van der Waals surface area contributed by atoms with Crippen LogP contribution >= 0.6 is 23.2 Å². The predicted molar refractivity (Wildman–Crippen MR) is 80.2 cm³/mol. The van der Waals surface area contributed by atoms with Gasteiger partial charge in [-0.15, -0.1) is 0 Å². The summed E-state index contributed by atoms with van der Waals surface area (Å²) in [6.45, 7) is 2.90. The van der Waals surface area contributed by atoms with Crippen LogP contribution < -0.4 is 5.32 Å². The number of benzene rings is 1. The van der Waals surface area contributed by atoms with Gasteiger partial charge in [-0.1, -0.05) is 35.3 Å². The second-order valence-electron chi connectivity index (χ2n) is 5.06. The van der Waals surface area contributed by atoms with Crippen LogP contribution in [0.1, 0.15) is 31.4 Å². The smallest absolute Gasteiger partial charge is 0.317 e. The molecule has 1 saturated heterocycles. The zero-order valence-electron chi connectivity index (χ0n) is 11.3. The lowest BCUT2D eigenvalue weighted by Crippen LogP contribution is -2.47. The highest BCUT2D eigenvalue weighted by molar-refractivity contribution is 6.42. The van der Waals surface area contributed by atoms with E-state index in [0.717, 1.165) is 18.4 Å². The van der Waals surface area contributed by atoms with Crippen LogP contribution in [0.3, 0.4) is 0 Å². The van der Waals surface area contributed by atoms with Gasteiger partial charge < -0.3 is 15.3 Å². The number of hydrogen-bond donors (Lipinski definition) is 2. The Hall–Kier alpha value is -0.970. The number of likely N-dealkylation sites (tertiary alicyclic amines) is 1. The third-order valence-corrected chi connectivity index (χ3v) is 4.31. The monoisotopic (exact) mass is 316 g/mol. The van der Waals surface area contributed by atoms with Crippen LogP contribution in [0.4, 0.5) is 4.79 Å². The minimum atomic E-state index is -0.431. The normalized spacial score (nSPS) is 20.6.